The summed E-state index contributed by atoms with van der Waals surface area (Å²) in [5, 5.41) is 21.9. The first-order valence-corrected chi connectivity index (χ1v) is 10.0. The molecule has 0 spiro atoms. The van der Waals surface area contributed by atoms with Crippen molar-refractivity contribution in [3.63, 3.8) is 0 Å². The van der Waals surface area contributed by atoms with Crippen molar-refractivity contribution < 1.29 is 33.0 Å². The van der Waals surface area contributed by atoms with Crippen LogP contribution in [0.3, 0.4) is 0 Å². The second-order valence-electron chi connectivity index (χ2n) is 7.95. The maximum absolute atomic E-state index is 13.6. The number of hydrogen-bond acceptors (Lipinski definition) is 7. The summed E-state index contributed by atoms with van der Waals surface area (Å²) in [6.45, 7) is 3.37. The third-order valence-electron chi connectivity index (χ3n) is 5.37. The number of halogens is 3. The molecule has 0 aliphatic carbocycles. The van der Waals surface area contributed by atoms with Crippen molar-refractivity contribution in [2.24, 2.45) is 11.7 Å². The smallest absolute Gasteiger partial charge is 0.396 e. The summed E-state index contributed by atoms with van der Waals surface area (Å²) in [5.41, 5.74) is 7.10. The SMILES string of the molecule is Cc1ccc(C(O)(C(N)=O)C(F)(F)F)cc1-c1cnc2c(N)nc(C(=O)NCC(C)CO)cn12. The van der Waals surface area contributed by atoms with Gasteiger partial charge in [0, 0.05) is 30.5 Å². The van der Waals surface area contributed by atoms with Crippen LogP contribution in [0.4, 0.5) is 19.0 Å². The highest BCUT2D eigenvalue weighted by Crippen LogP contribution is 2.40. The molecule has 2 amide bonds. The summed E-state index contributed by atoms with van der Waals surface area (Å²) in [4.78, 5) is 32.3. The first-order valence-electron chi connectivity index (χ1n) is 10.0. The molecule has 2 unspecified atom stereocenters. The van der Waals surface area contributed by atoms with Crippen molar-refractivity contribution in [3.05, 3.63) is 47.4 Å². The van der Waals surface area contributed by atoms with E-state index in [9.17, 15) is 27.9 Å². The molecular weight excluding hydrogens is 457 g/mol. The molecule has 0 fully saturated rings. The Balaban J connectivity index is 2.14. The zero-order chi connectivity index (χ0) is 25.4. The van der Waals surface area contributed by atoms with Crippen LogP contribution < -0.4 is 16.8 Å². The molecular formula is C21H23F3N6O4. The lowest BCUT2D eigenvalue weighted by atomic mass is 9.89. The summed E-state index contributed by atoms with van der Waals surface area (Å²) < 4.78 is 42.1. The monoisotopic (exact) mass is 480 g/mol. The number of fused-ring (bicyclic) bond motifs is 1. The van der Waals surface area contributed by atoms with Crippen molar-refractivity contribution >= 4 is 23.3 Å². The topological polar surface area (TPSA) is 169 Å². The number of carbonyl (C=O) groups excluding carboxylic acids is 2. The number of benzene rings is 1. The Labute approximate surface area is 191 Å². The Hall–Kier alpha value is -3.71. The van der Waals surface area contributed by atoms with Gasteiger partial charge in [-0.25, -0.2) is 9.97 Å². The fourth-order valence-corrected chi connectivity index (χ4v) is 3.31. The highest BCUT2D eigenvalue weighted by Gasteiger charge is 2.60. The maximum Gasteiger partial charge on any atom is 0.430 e. The van der Waals surface area contributed by atoms with E-state index in [4.69, 9.17) is 16.6 Å². The van der Waals surface area contributed by atoms with Crippen LogP contribution in [0, 0.1) is 12.8 Å². The number of rotatable bonds is 7. The number of aromatic nitrogens is 3. The lowest BCUT2D eigenvalue weighted by Crippen LogP contribution is -2.52. The van der Waals surface area contributed by atoms with Gasteiger partial charge in [0.25, 0.3) is 17.4 Å². The molecule has 0 bridgehead atoms. The Morgan fingerprint density at radius 3 is 2.56 bits per heavy atom. The van der Waals surface area contributed by atoms with E-state index in [1.807, 2.05) is 0 Å². The van der Waals surface area contributed by atoms with Gasteiger partial charge in [0.1, 0.15) is 5.69 Å². The molecule has 3 rings (SSSR count). The van der Waals surface area contributed by atoms with Gasteiger partial charge in [-0.3, -0.25) is 14.0 Å². The number of carbonyl (C=O) groups is 2. The molecule has 2 atom stereocenters. The third kappa shape index (κ3) is 4.26. The number of nitrogens with one attached hydrogen (secondary N) is 1. The van der Waals surface area contributed by atoms with E-state index >= 15 is 0 Å². The number of imidazole rings is 1. The van der Waals surface area contributed by atoms with E-state index in [0.717, 1.165) is 12.1 Å². The van der Waals surface area contributed by atoms with E-state index < -0.39 is 29.2 Å². The molecule has 0 aliphatic rings. The van der Waals surface area contributed by atoms with Crippen LogP contribution in [0.1, 0.15) is 28.5 Å². The van der Waals surface area contributed by atoms with Gasteiger partial charge in [-0.05, 0) is 24.5 Å². The van der Waals surface area contributed by atoms with Gasteiger partial charge in [-0.1, -0.05) is 19.1 Å². The van der Waals surface area contributed by atoms with Crippen molar-refractivity contribution in [3.8, 4) is 11.3 Å². The highest BCUT2D eigenvalue weighted by atomic mass is 19.4. The van der Waals surface area contributed by atoms with E-state index in [2.05, 4.69) is 15.3 Å². The molecule has 2 aromatic heterocycles. The fraction of sp³-hybridized carbons (Fsp3) is 0.333. The molecule has 10 nitrogen and oxygen atoms in total. The molecule has 0 saturated carbocycles. The van der Waals surface area contributed by atoms with Gasteiger partial charge in [-0.2, -0.15) is 13.2 Å². The number of hydrogen-bond donors (Lipinski definition) is 5. The van der Waals surface area contributed by atoms with Gasteiger partial charge < -0.3 is 27.0 Å². The zero-order valence-electron chi connectivity index (χ0n) is 18.2. The van der Waals surface area contributed by atoms with Crippen LogP contribution in [0.15, 0.2) is 30.6 Å². The second-order valence-corrected chi connectivity index (χ2v) is 7.95. The molecule has 2 heterocycles. The number of aliphatic hydroxyl groups excluding tert-OH is 1. The second kappa shape index (κ2) is 8.91. The number of aryl methyl sites for hydroxylation is 1. The molecule has 0 saturated heterocycles. The molecule has 7 N–H and O–H groups in total. The number of primary amides is 1. The van der Waals surface area contributed by atoms with E-state index in [-0.39, 0.29) is 47.5 Å². The fourth-order valence-electron chi connectivity index (χ4n) is 3.31. The standard InChI is InChI=1S/C21H23F3N6O4/c1-10(9-31)6-28-18(32)14-8-30-15(7-27-17(30)16(25)29-14)13-5-12(4-3-11(13)2)20(34,19(26)33)21(22,23)24/h3-5,7-8,10,31,34H,6,9H2,1-2H3,(H2,25,29)(H2,26,33)(H,28,32). The van der Waals surface area contributed by atoms with Gasteiger partial charge in [-0.15, -0.1) is 0 Å². The number of nitrogens with two attached hydrogens (primary N) is 2. The lowest BCUT2D eigenvalue weighted by Gasteiger charge is -2.28. The summed E-state index contributed by atoms with van der Waals surface area (Å²) in [5.74, 6) is -2.86. The quantitative estimate of drug-likeness (QED) is 0.334. The van der Waals surface area contributed by atoms with Crippen LogP contribution in [-0.2, 0) is 10.4 Å². The summed E-state index contributed by atoms with van der Waals surface area (Å²) in [6, 6.07) is 3.23. The van der Waals surface area contributed by atoms with Gasteiger partial charge in [0.2, 0.25) is 0 Å². The average molecular weight is 480 g/mol. The summed E-state index contributed by atoms with van der Waals surface area (Å²) >= 11 is 0. The van der Waals surface area contributed by atoms with Crippen LogP contribution >= 0.6 is 0 Å². The summed E-state index contributed by atoms with van der Waals surface area (Å²) in [6.07, 6.45) is -2.74. The Morgan fingerprint density at radius 1 is 1.29 bits per heavy atom. The minimum absolute atomic E-state index is 0.0906. The van der Waals surface area contributed by atoms with Crippen LogP contribution in [-0.4, -0.2) is 55.7 Å². The molecule has 182 valence electrons. The van der Waals surface area contributed by atoms with Gasteiger partial charge in [0.05, 0.1) is 11.9 Å². The molecule has 3 aromatic rings. The largest absolute Gasteiger partial charge is 0.430 e. The number of nitrogen functional groups attached to an aromatic ring is 1. The predicted octanol–water partition coefficient (Wildman–Crippen LogP) is 0.880. The van der Waals surface area contributed by atoms with Crippen molar-refractivity contribution in [1.29, 1.82) is 0 Å². The van der Waals surface area contributed by atoms with E-state index in [1.165, 1.54) is 22.9 Å². The molecule has 34 heavy (non-hydrogen) atoms. The lowest BCUT2D eigenvalue weighted by molar-refractivity contribution is -0.255. The van der Waals surface area contributed by atoms with E-state index in [0.29, 0.717) is 5.56 Å². The molecule has 13 heteroatoms. The minimum atomic E-state index is -5.36. The third-order valence-corrected chi connectivity index (χ3v) is 5.37. The first-order chi connectivity index (χ1) is 15.8. The van der Waals surface area contributed by atoms with E-state index in [1.54, 1.807) is 13.8 Å². The highest BCUT2D eigenvalue weighted by molar-refractivity contribution is 5.93. The Bertz CT molecular complexity index is 1260. The predicted molar refractivity (Wildman–Crippen MR) is 115 cm³/mol. The maximum atomic E-state index is 13.6. The zero-order valence-corrected chi connectivity index (χ0v) is 18.2. The van der Waals surface area contributed by atoms with Crippen molar-refractivity contribution in [2.75, 3.05) is 18.9 Å². The minimum Gasteiger partial charge on any atom is -0.396 e. The average Bonchev–Trinajstić information content (AvgIpc) is 3.20. The normalized spacial score (nSPS) is 14.6. The van der Waals surface area contributed by atoms with Crippen molar-refractivity contribution in [1.82, 2.24) is 19.7 Å². The van der Waals surface area contributed by atoms with Gasteiger partial charge >= 0.3 is 6.18 Å². The van der Waals surface area contributed by atoms with Crippen LogP contribution in [0.2, 0.25) is 0 Å². The Morgan fingerprint density at radius 2 is 1.97 bits per heavy atom. The number of anilines is 1. The molecule has 0 radical (unpaired) electrons. The first kappa shape index (κ1) is 24.9. The number of alkyl halides is 3. The number of nitrogens with zero attached hydrogens (tertiary/aromatic N) is 3. The number of aliphatic hydroxyl groups is 2. The van der Waals surface area contributed by atoms with Crippen molar-refractivity contribution in [2.45, 2.75) is 25.6 Å². The van der Waals surface area contributed by atoms with Gasteiger partial charge in [0.15, 0.2) is 11.5 Å². The number of amides is 2. The summed E-state index contributed by atoms with van der Waals surface area (Å²) in [7, 11) is 0. The van der Waals surface area contributed by atoms with Crippen LogP contribution in [0.5, 0.6) is 0 Å². The van der Waals surface area contributed by atoms with Crippen LogP contribution in [0.25, 0.3) is 16.9 Å². The Kier molecular flexibility index (Phi) is 6.53. The molecule has 1 aromatic carbocycles. The molecule has 0 aliphatic heterocycles.